The molecule has 2 aromatic heterocycles. The number of thiazole rings is 1. The summed E-state index contributed by atoms with van der Waals surface area (Å²) in [7, 11) is 1.73. The number of rotatable bonds is 2. The molecule has 0 fully saturated rings. The molecule has 0 bridgehead atoms. The second-order valence-corrected chi connectivity index (χ2v) is 6.93. The zero-order valence-electron chi connectivity index (χ0n) is 12.6. The van der Waals surface area contributed by atoms with Crippen molar-refractivity contribution in [3.8, 4) is 12.3 Å². The molecule has 116 valence electrons. The Kier molecular flexibility index (Phi) is 4.20. The van der Waals surface area contributed by atoms with Gasteiger partial charge in [0.2, 0.25) is 0 Å². The second kappa shape index (κ2) is 6.14. The molecule has 7 heteroatoms. The van der Waals surface area contributed by atoms with Gasteiger partial charge in [-0.05, 0) is 25.1 Å². The molecule has 3 aromatic rings. The summed E-state index contributed by atoms with van der Waals surface area (Å²) in [5.74, 6) is 2.30. The Labute approximate surface area is 145 Å². The summed E-state index contributed by atoms with van der Waals surface area (Å²) in [6.45, 7) is 2.20. The van der Waals surface area contributed by atoms with Gasteiger partial charge in [-0.25, -0.2) is 0 Å². The van der Waals surface area contributed by atoms with Crippen molar-refractivity contribution in [1.82, 2.24) is 14.3 Å². The molecule has 0 aliphatic heterocycles. The SMILES string of the molecule is C#CCn1c(=NC(=O)c2c(C)cnn2C)sc2cc(Br)ccc21. The molecule has 0 unspecified atom stereocenters. The van der Waals surface area contributed by atoms with Crippen molar-refractivity contribution in [2.45, 2.75) is 13.5 Å². The van der Waals surface area contributed by atoms with E-state index in [4.69, 9.17) is 6.42 Å². The molecule has 3 rings (SSSR count). The summed E-state index contributed by atoms with van der Waals surface area (Å²) in [4.78, 5) is 17.4. The highest BCUT2D eigenvalue weighted by Gasteiger charge is 2.14. The maximum atomic E-state index is 12.5. The first-order valence-corrected chi connectivity index (χ1v) is 8.42. The van der Waals surface area contributed by atoms with Crippen LogP contribution in [0.5, 0.6) is 0 Å². The predicted molar refractivity (Wildman–Crippen MR) is 94.2 cm³/mol. The Hall–Kier alpha value is -2.17. The molecular formula is C16H13BrN4OS. The highest BCUT2D eigenvalue weighted by Crippen LogP contribution is 2.22. The lowest BCUT2D eigenvalue weighted by atomic mass is 10.3. The summed E-state index contributed by atoms with van der Waals surface area (Å²) in [6, 6.07) is 5.90. The van der Waals surface area contributed by atoms with Gasteiger partial charge < -0.3 is 4.57 Å². The van der Waals surface area contributed by atoms with E-state index in [1.807, 2.05) is 29.7 Å². The number of fused-ring (bicyclic) bond motifs is 1. The minimum atomic E-state index is -0.320. The first kappa shape index (κ1) is 15.7. The standard InChI is InChI=1S/C16H13BrN4OS/c1-4-7-21-12-6-5-11(17)8-13(12)23-16(21)19-15(22)14-10(2)9-18-20(14)3/h1,5-6,8-9H,7H2,2-3H3. The lowest BCUT2D eigenvalue weighted by molar-refractivity contribution is 0.0988. The summed E-state index contributed by atoms with van der Waals surface area (Å²) in [5, 5.41) is 4.09. The van der Waals surface area contributed by atoms with Gasteiger partial charge in [0.05, 0.1) is 23.0 Å². The Morgan fingerprint density at radius 1 is 1.52 bits per heavy atom. The number of carbonyl (C=O) groups excluding carboxylic acids is 1. The summed E-state index contributed by atoms with van der Waals surface area (Å²) < 4.78 is 5.40. The number of halogens is 1. The van der Waals surface area contributed by atoms with Crippen LogP contribution in [-0.2, 0) is 13.6 Å². The molecule has 0 saturated carbocycles. The van der Waals surface area contributed by atoms with Gasteiger partial charge in [0, 0.05) is 17.1 Å². The predicted octanol–water partition coefficient (Wildman–Crippen LogP) is 2.88. The topological polar surface area (TPSA) is 52.2 Å². The highest BCUT2D eigenvalue weighted by atomic mass is 79.9. The first-order chi connectivity index (χ1) is 11.0. The van der Waals surface area contributed by atoms with Crippen LogP contribution in [0.3, 0.4) is 0 Å². The van der Waals surface area contributed by atoms with Crippen molar-refractivity contribution in [2.75, 3.05) is 0 Å². The van der Waals surface area contributed by atoms with Crippen molar-refractivity contribution in [2.24, 2.45) is 12.0 Å². The molecule has 1 aromatic carbocycles. The van der Waals surface area contributed by atoms with Crippen molar-refractivity contribution < 1.29 is 4.79 Å². The normalized spacial score (nSPS) is 11.8. The number of terminal acetylenes is 1. The Morgan fingerprint density at radius 2 is 2.30 bits per heavy atom. The van der Waals surface area contributed by atoms with Crippen LogP contribution >= 0.6 is 27.3 Å². The van der Waals surface area contributed by atoms with E-state index >= 15 is 0 Å². The zero-order valence-corrected chi connectivity index (χ0v) is 15.0. The number of aryl methyl sites for hydroxylation is 2. The van der Waals surface area contributed by atoms with Gasteiger partial charge in [0.1, 0.15) is 5.69 Å². The maximum absolute atomic E-state index is 12.5. The fourth-order valence-electron chi connectivity index (χ4n) is 2.37. The lowest BCUT2D eigenvalue weighted by Gasteiger charge is -2.00. The van der Waals surface area contributed by atoms with Crippen molar-refractivity contribution in [3.63, 3.8) is 0 Å². The first-order valence-electron chi connectivity index (χ1n) is 6.81. The van der Waals surface area contributed by atoms with E-state index in [1.54, 1.807) is 13.2 Å². The summed E-state index contributed by atoms with van der Waals surface area (Å²) in [6.07, 6.45) is 7.12. The average Bonchev–Trinajstić information content (AvgIpc) is 3.00. The zero-order chi connectivity index (χ0) is 16.6. The van der Waals surface area contributed by atoms with Gasteiger partial charge in [0.15, 0.2) is 4.80 Å². The molecule has 23 heavy (non-hydrogen) atoms. The quantitative estimate of drug-likeness (QED) is 0.633. The molecule has 0 aliphatic rings. The summed E-state index contributed by atoms with van der Waals surface area (Å²) in [5.41, 5.74) is 2.24. The number of aromatic nitrogens is 3. The monoisotopic (exact) mass is 388 g/mol. The van der Waals surface area contributed by atoms with Gasteiger partial charge in [-0.3, -0.25) is 9.48 Å². The molecule has 0 spiro atoms. The van der Waals surface area contributed by atoms with Crippen LogP contribution < -0.4 is 4.80 Å². The van der Waals surface area contributed by atoms with E-state index in [0.717, 1.165) is 20.3 Å². The van der Waals surface area contributed by atoms with Crippen LogP contribution in [0, 0.1) is 19.3 Å². The van der Waals surface area contributed by atoms with E-state index in [0.29, 0.717) is 17.0 Å². The van der Waals surface area contributed by atoms with Crippen molar-refractivity contribution in [1.29, 1.82) is 0 Å². The minimum absolute atomic E-state index is 0.320. The molecule has 0 radical (unpaired) electrons. The number of benzene rings is 1. The van der Waals surface area contributed by atoms with Gasteiger partial charge in [0.25, 0.3) is 5.91 Å². The molecular weight excluding hydrogens is 376 g/mol. The third-order valence-electron chi connectivity index (χ3n) is 3.42. The van der Waals surface area contributed by atoms with E-state index in [1.165, 1.54) is 16.0 Å². The van der Waals surface area contributed by atoms with Crippen LogP contribution in [-0.4, -0.2) is 20.3 Å². The Balaban J connectivity index is 2.21. The third kappa shape index (κ3) is 2.87. The summed E-state index contributed by atoms with van der Waals surface area (Å²) >= 11 is 4.89. The van der Waals surface area contributed by atoms with Crippen molar-refractivity contribution >= 4 is 43.4 Å². The average molecular weight is 389 g/mol. The molecule has 2 heterocycles. The Morgan fingerprint density at radius 3 is 2.96 bits per heavy atom. The second-order valence-electron chi connectivity index (χ2n) is 5.00. The number of hydrogen-bond donors (Lipinski definition) is 0. The number of carbonyl (C=O) groups is 1. The van der Waals surface area contributed by atoms with Crippen LogP contribution in [0.25, 0.3) is 10.2 Å². The molecule has 0 atom stereocenters. The number of hydrogen-bond acceptors (Lipinski definition) is 3. The van der Waals surface area contributed by atoms with Gasteiger partial charge in [-0.1, -0.05) is 33.2 Å². The fourth-order valence-corrected chi connectivity index (χ4v) is 3.95. The molecule has 1 amide bonds. The fraction of sp³-hybridized carbons (Fsp3) is 0.188. The van der Waals surface area contributed by atoms with Gasteiger partial charge in [-0.2, -0.15) is 10.1 Å². The number of nitrogens with zero attached hydrogens (tertiary/aromatic N) is 4. The van der Waals surface area contributed by atoms with Gasteiger partial charge in [-0.15, -0.1) is 6.42 Å². The smallest absolute Gasteiger partial charge is 0.298 e. The van der Waals surface area contributed by atoms with Crippen LogP contribution in [0.4, 0.5) is 0 Å². The molecule has 0 N–H and O–H groups in total. The molecule has 0 aliphatic carbocycles. The van der Waals surface area contributed by atoms with Crippen LogP contribution in [0.2, 0.25) is 0 Å². The van der Waals surface area contributed by atoms with Crippen LogP contribution in [0.1, 0.15) is 16.1 Å². The molecule has 5 nitrogen and oxygen atoms in total. The third-order valence-corrected chi connectivity index (χ3v) is 4.95. The maximum Gasteiger partial charge on any atom is 0.298 e. The van der Waals surface area contributed by atoms with Gasteiger partial charge >= 0.3 is 0 Å². The van der Waals surface area contributed by atoms with E-state index in [-0.39, 0.29) is 5.91 Å². The minimum Gasteiger partial charge on any atom is -0.305 e. The van der Waals surface area contributed by atoms with Crippen LogP contribution in [0.15, 0.2) is 33.9 Å². The van der Waals surface area contributed by atoms with Crippen molar-refractivity contribution in [3.05, 3.63) is 44.9 Å². The van der Waals surface area contributed by atoms with E-state index < -0.39 is 0 Å². The number of amides is 1. The highest BCUT2D eigenvalue weighted by molar-refractivity contribution is 9.10. The lowest BCUT2D eigenvalue weighted by Crippen LogP contribution is -2.18. The Bertz CT molecular complexity index is 1000. The van der Waals surface area contributed by atoms with E-state index in [9.17, 15) is 4.79 Å². The van der Waals surface area contributed by atoms with E-state index in [2.05, 4.69) is 31.9 Å². The largest absolute Gasteiger partial charge is 0.305 e. The molecule has 0 saturated heterocycles.